The quantitative estimate of drug-likeness (QED) is 0.900. The zero-order valence-electron chi connectivity index (χ0n) is 12.0. The molecule has 1 aromatic carbocycles. The molecule has 2 aliphatic rings. The lowest BCUT2D eigenvalue weighted by Crippen LogP contribution is -2.48. The van der Waals surface area contributed by atoms with Crippen molar-refractivity contribution in [2.45, 2.75) is 44.9 Å². The molecule has 0 aromatic heterocycles. The Morgan fingerprint density at radius 1 is 1.26 bits per heavy atom. The van der Waals surface area contributed by atoms with E-state index >= 15 is 0 Å². The van der Waals surface area contributed by atoms with Gasteiger partial charge in [0.1, 0.15) is 0 Å². The summed E-state index contributed by atoms with van der Waals surface area (Å²) < 4.78 is 5.76. The van der Waals surface area contributed by atoms with E-state index in [0.717, 1.165) is 32.3 Å². The van der Waals surface area contributed by atoms with Gasteiger partial charge in [-0.05, 0) is 44.4 Å². The highest BCUT2D eigenvalue weighted by atomic mass is 16.5. The molecule has 19 heavy (non-hydrogen) atoms. The van der Waals surface area contributed by atoms with E-state index in [0.29, 0.717) is 0 Å². The second kappa shape index (κ2) is 5.14. The van der Waals surface area contributed by atoms with E-state index in [9.17, 15) is 0 Å². The van der Waals surface area contributed by atoms with Crippen molar-refractivity contribution in [2.75, 3.05) is 24.6 Å². The van der Waals surface area contributed by atoms with Gasteiger partial charge >= 0.3 is 0 Å². The smallest absolute Gasteiger partial charge is 0.0801 e. The van der Waals surface area contributed by atoms with Crippen molar-refractivity contribution in [1.29, 1.82) is 0 Å². The zero-order valence-corrected chi connectivity index (χ0v) is 12.0. The minimum Gasteiger partial charge on any atom is -0.372 e. The molecule has 3 rings (SSSR count). The highest BCUT2D eigenvalue weighted by Crippen LogP contribution is 2.24. The molecule has 2 fully saturated rings. The number of nitrogens with one attached hydrogen (secondary N) is 1. The van der Waals surface area contributed by atoms with Gasteiger partial charge in [0.25, 0.3) is 0 Å². The second-order valence-electron chi connectivity index (χ2n) is 6.35. The summed E-state index contributed by atoms with van der Waals surface area (Å²) >= 11 is 0. The van der Waals surface area contributed by atoms with Crippen molar-refractivity contribution in [3.8, 4) is 0 Å². The summed E-state index contributed by atoms with van der Waals surface area (Å²) in [5.41, 5.74) is 2.65. The molecule has 0 amide bonds. The fourth-order valence-corrected chi connectivity index (χ4v) is 2.61. The Kier molecular flexibility index (Phi) is 3.50. The number of nitrogens with zero attached hydrogens (tertiary/aromatic N) is 1. The highest BCUT2D eigenvalue weighted by molar-refractivity contribution is 5.48. The van der Waals surface area contributed by atoms with Gasteiger partial charge in [-0.3, -0.25) is 0 Å². The van der Waals surface area contributed by atoms with Gasteiger partial charge in [0.15, 0.2) is 0 Å². The third-order valence-electron chi connectivity index (χ3n) is 3.90. The Bertz CT molecular complexity index is 423. The number of anilines is 1. The Morgan fingerprint density at radius 3 is 2.63 bits per heavy atom. The zero-order chi connectivity index (χ0) is 13.3. The summed E-state index contributed by atoms with van der Waals surface area (Å²) in [6.45, 7) is 8.09. The van der Waals surface area contributed by atoms with Crippen molar-refractivity contribution in [3.05, 3.63) is 29.8 Å². The van der Waals surface area contributed by atoms with Crippen molar-refractivity contribution >= 4 is 5.69 Å². The predicted molar refractivity (Wildman–Crippen MR) is 78.5 cm³/mol. The molecule has 0 unspecified atom stereocenters. The normalized spacial score (nSPS) is 22.5. The predicted octanol–water partition coefficient (Wildman–Crippen LogP) is 2.55. The van der Waals surface area contributed by atoms with Crippen LogP contribution >= 0.6 is 0 Å². The minimum absolute atomic E-state index is 0.0373. The maximum atomic E-state index is 5.76. The maximum Gasteiger partial charge on any atom is 0.0801 e. The molecule has 1 heterocycles. The van der Waals surface area contributed by atoms with Crippen LogP contribution in [-0.2, 0) is 11.3 Å². The molecule has 0 radical (unpaired) electrons. The van der Waals surface area contributed by atoms with E-state index in [1.54, 1.807) is 0 Å². The first kappa shape index (κ1) is 12.9. The van der Waals surface area contributed by atoms with E-state index in [1.165, 1.54) is 24.1 Å². The standard InChI is InChI=1S/C16H24N2O/c1-16(2)12-18(9-10-19-16)15-7-3-13(4-8-15)11-17-14-5-6-14/h3-4,7-8,14,17H,5-6,9-12H2,1-2H3. The van der Waals surface area contributed by atoms with E-state index in [2.05, 4.69) is 48.3 Å². The molecule has 1 saturated heterocycles. The van der Waals surface area contributed by atoms with Crippen LogP contribution in [0.15, 0.2) is 24.3 Å². The molecule has 1 N–H and O–H groups in total. The van der Waals surface area contributed by atoms with E-state index < -0.39 is 0 Å². The van der Waals surface area contributed by atoms with Gasteiger partial charge in [-0.1, -0.05) is 12.1 Å². The summed E-state index contributed by atoms with van der Waals surface area (Å²) in [6.07, 6.45) is 2.70. The van der Waals surface area contributed by atoms with Crippen LogP contribution in [0.4, 0.5) is 5.69 Å². The van der Waals surface area contributed by atoms with E-state index in [-0.39, 0.29) is 5.60 Å². The molecule has 0 spiro atoms. The van der Waals surface area contributed by atoms with Gasteiger partial charge in [0, 0.05) is 31.4 Å². The molecule has 1 saturated carbocycles. The third kappa shape index (κ3) is 3.48. The molecule has 1 aromatic rings. The molecule has 1 aliphatic heterocycles. The Morgan fingerprint density at radius 2 is 2.00 bits per heavy atom. The largest absolute Gasteiger partial charge is 0.372 e. The van der Waals surface area contributed by atoms with Gasteiger partial charge in [-0.2, -0.15) is 0 Å². The Balaban J connectivity index is 1.61. The van der Waals surface area contributed by atoms with Crippen LogP contribution in [0.1, 0.15) is 32.3 Å². The molecular weight excluding hydrogens is 236 g/mol. The Hall–Kier alpha value is -1.06. The monoisotopic (exact) mass is 260 g/mol. The summed E-state index contributed by atoms with van der Waals surface area (Å²) in [5.74, 6) is 0. The summed E-state index contributed by atoms with van der Waals surface area (Å²) in [5, 5.41) is 3.55. The summed E-state index contributed by atoms with van der Waals surface area (Å²) in [6, 6.07) is 9.75. The van der Waals surface area contributed by atoms with Crippen LogP contribution in [-0.4, -0.2) is 31.3 Å². The highest BCUT2D eigenvalue weighted by Gasteiger charge is 2.27. The van der Waals surface area contributed by atoms with Gasteiger partial charge in [-0.15, -0.1) is 0 Å². The number of ether oxygens (including phenoxy) is 1. The number of rotatable bonds is 4. The van der Waals surface area contributed by atoms with Crippen LogP contribution in [0.2, 0.25) is 0 Å². The average molecular weight is 260 g/mol. The number of hydrogen-bond donors (Lipinski definition) is 1. The molecule has 3 heteroatoms. The van der Waals surface area contributed by atoms with Crippen LogP contribution in [0.3, 0.4) is 0 Å². The van der Waals surface area contributed by atoms with E-state index in [1.807, 2.05) is 0 Å². The first-order valence-corrected chi connectivity index (χ1v) is 7.34. The Labute approximate surface area is 115 Å². The summed E-state index contributed by atoms with van der Waals surface area (Å²) in [4.78, 5) is 2.42. The lowest BCUT2D eigenvalue weighted by molar-refractivity contribution is -0.0276. The fraction of sp³-hybridized carbons (Fsp3) is 0.625. The van der Waals surface area contributed by atoms with Crippen molar-refractivity contribution in [1.82, 2.24) is 5.32 Å². The van der Waals surface area contributed by atoms with Gasteiger partial charge in [0.05, 0.1) is 12.2 Å². The van der Waals surface area contributed by atoms with Crippen LogP contribution in [0.5, 0.6) is 0 Å². The van der Waals surface area contributed by atoms with Gasteiger partial charge in [-0.25, -0.2) is 0 Å². The van der Waals surface area contributed by atoms with Gasteiger partial charge < -0.3 is 15.0 Å². The number of morpholine rings is 1. The first-order chi connectivity index (χ1) is 9.12. The molecule has 0 bridgehead atoms. The van der Waals surface area contributed by atoms with Crippen LogP contribution < -0.4 is 10.2 Å². The number of hydrogen-bond acceptors (Lipinski definition) is 3. The molecule has 1 aliphatic carbocycles. The fourth-order valence-electron chi connectivity index (χ4n) is 2.61. The van der Waals surface area contributed by atoms with E-state index in [4.69, 9.17) is 4.74 Å². The van der Waals surface area contributed by atoms with Crippen molar-refractivity contribution in [3.63, 3.8) is 0 Å². The molecule has 104 valence electrons. The average Bonchev–Trinajstić information content (AvgIpc) is 3.20. The summed E-state index contributed by atoms with van der Waals surface area (Å²) in [7, 11) is 0. The minimum atomic E-state index is -0.0373. The number of benzene rings is 1. The molecule has 3 nitrogen and oxygen atoms in total. The molecule has 0 atom stereocenters. The first-order valence-electron chi connectivity index (χ1n) is 7.34. The van der Waals surface area contributed by atoms with Crippen LogP contribution in [0, 0.1) is 0 Å². The third-order valence-corrected chi connectivity index (χ3v) is 3.90. The SMILES string of the molecule is CC1(C)CN(c2ccc(CNC3CC3)cc2)CCO1. The van der Waals surface area contributed by atoms with Crippen molar-refractivity contribution in [2.24, 2.45) is 0 Å². The maximum absolute atomic E-state index is 5.76. The second-order valence-corrected chi connectivity index (χ2v) is 6.35. The lowest BCUT2D eigenvalue weighted by Gasteiger charge is -2.39. The molecular formula is C16H24N2O. The topological polar surface area (TPSA) is 24.5 Å². The van der Waals surface area contributed by atoms with Crippen molar-refractivity contribution < 1.29 is 4.74 Å². The van der Waals surface area contributed by atoms with Crippen LogP contribution in [0.25, 0.3) is 0 Å². The lowest BCUT2D eigenvalue weighted by atomic mass is 10.1. The van der Waals surface area contributed by atoms with Gasteiger partial charge in [0.2, 0.25) is 0 Å².